The molecule has 2 rings (SSSR count). The van der Waals surface area contributed by atoms with E-state index in [0.717, 1.165) is 12.8 Å². The molecule has 5 heteroatoms. The van der Waals surface area contributed by atoms with Crippen molar-refractivity contribution in [3.8, 4) is 0 Å². The maximum Gasteiger partial charge on any atom is 0.293 e. The Kier molecular flexibility index (Phi) is 5.56. The Morgan fingerprint density at radius 1 is 0.905 bits per heavy atom. The molecule has 0 saturated carbocycles. The summed E-state index contributed by atoms with van der Waals surface area (Å²) in [4.78, 5) is 6.62. The fourth-order valence-corrected chi connectivity index (χ4v) is 3.01. The van der Waals surface area contributed by atoms with Gasteiger partial charge in [0.15, 0.2) is 0 Å². The first-order valence-corrected chi connectivity index (χ1v) is 8.22. The SMILES string of the molecule is [N-]=[N+]=C(C=CC1=CC=CC1)[SiH2]C(C=CC1=CC=CC1)=[N+]=[N-]. The number of hydrogen-bond donors (Lipinski definition) is 0. The van der Waals surface area contributed by atoms with E-state index in [1.807, 2.05) is 36.5 Å². The summed E-state index contributed by atoms with van der Waals surface area (Å²) in [6.45, 7) is 0. The van der Waals surface area contributed by atoms with Crippen molar-refractivity contribution in [2.24, 2.45) is 0 Å². The molecule has 0 amide bonds. The molecule has 0 fully saturated rings. The average Bonchev–Trinajstić information content (AvgIpc) is 3.20. The third-order valence-corrected chi connectivity index (χ3v) is 4.68. The van der Waals surface area contributed by atoms with E-state index >= 15 is 0 Å². The predicted molar refractivity (Wildman–Crippen MR) is 87.8 cm³/mol. The topological polar surface area (TPSA) is 72.8 Å². The van der Waals surface area contributed by atoms with Gasteiger partial charge in [-0.15, -0.1) is 0 Å². The molecule has 0 N–H and O–H groups in total. The Morgan fingerprint density at radius 2 is 1.38 bits per heavy atom. The van der Waals surface area contributed by atoms with Crippen molar-refractivity contribution in [1.82, 2.24) is 0 Å². The van der Waals surface area contributed by atoms with Crippen LogP contribution in [0.5, 0.6) is 0 Å². The number of rotatable bonds is 6. The van der Waals surface area contributed by atoms with E-state index < -0.39 is 9.52 Å². The van der Waals surface area contributed by atoms with Gasteiger partial charge in [0.1, 0.15) is 0 Å². The van der Waals surface area contributed by atoms with Crippen LogP contribution in [0.1, 0.15) is 12.8 Å². The standard InChI is InChI=1S/C16H16N4Si/c17-19-15(11-9-13-5-1-2-6-13)21-16(20-18)12-10-14-7-3-4-8-14/h1-5,7,9-12H,6,8,21H2. The number of allylic oxidation sites excluding steroid dienone is 12. The molecule has 2 aliphatic carbocycles. The van der Waals surface area contributed by atoms with Gasteiger partial charge in [-0.1, -0.05) is 48.6 Å². The van der Waals surface area contributed by atoms with Crippen LogP contribution < -0.4 is 0 Å². The van der Waals surface area contributed by atoms with Crippen LogP contribution in [0.3, 0.4) is 0 Å². The zero-order chi connectivity index (χ0) is 14.9. The van der Waals surface area contributed by atoms with Crippen molar-refractivity contribution in [3.63, 3.8) is 0 Å². The Morgan fingerprint density at radius 3 is 1.71 bits per heavy atom. The molecule has 0 aromatic rings. The van der Waals surface area contributed by atoms with Crippen LogP contribution in [-0.4, -0.2) is 29.8 Å². The van der Waals surface area contributed by atoms with Gasteiger partial charge in [-0.2, -0.15) is 9.58 Å². The summed E-state index contributed by atoms with van der Waals surface area (Å²) in [6, 6.07) is 0. The first-order chi connectivity index (χ1) is 10.3. The lowest BCUT2D eigenvalue weighted by Crippen LogP contribution is -2.18. The van der Waals surface area contributed by atoms with Crippen LogP contribution >= 0.6 is 0 Å². The molecule has 0 spiro atoms. The molecule has 4 nitrogen and oxygen atoms in total. The summed E-state index contributed by atoms with van der Waals surface area (Å²) in [7, 11) is -1.11. The van der Waals surface area contributed by atoms with Crippen molar-refractivity contribution in [2.75, 3.05) is 0 Å². The monoisotopic (exact) mass is 292 g/mol. The van der Waals surface area contributed by atoms with Gasteiger partial charge < -0.3 is 11.1 Å². The van der Waals surface area contributed by atoms with Crippen LogP contribution in [0.4, 0.5) is 0 Å². The van der Waals surface area contributed by atoms with Crippen molar-refractivity contribution in [3.05, 3.63) is 83.0 Å². The second kappa shape index (κ2) is 7.87. The predicted octanol–water partition coefficient (Wildman–Crippen LogP) is 2.30. The summed E-state index contributed by atoms with van der Waals surface area (Å²) in [5.74, 6) is 0. The summed E-state index contributed by atoms with van der Waals surface area (Å²) in [6.07, 6.45) is 21.4. The molecule has 0 radical (unpaired) electrons. The Labute approximate surface area is 126 Å². The zero-order valence-corrected chi connectivity index (χ0v) is 13.1. The van der Waals surface area contributed by atoms with Crippen LogP contribution in [0.25, 0.3) is 11.1 Å². The second-order valence-electron chi connectivity index (χ2n) is 4.77. The Bertz CT molecular complexity index is 632. The average molecular weight is 292 g/mol. The van der Waals surface area contributed by atoms with E-state index in [0.29, 0.717) is 10.7 Å². The molecule has 2 aliphatic rings. The summed E-state index contributed by atoms with van der Waals surface area (Å²) in [5, 5.41) is 1.16. The van der Waals surface area contributed by atoms with Crippen molar-refractivity contribution in [2.45, 2.75) is 12.8 Å². The Hall–Kier alpha value is -2.58. The van der Waals surface area contributed by atoms with E-state index in [1.54, 1.807) is 12.2 Å². The fraction of sp³-hybridized carbons (Fsp3) is 0.125. The highest BCUT2D eigenvalue weighted by molar-refractivity contribution is 7.00. The van der Waals surface area contributed by atoms with Crippen molar-refractivity contribution < 1.29 is 9.58 Å². The largest absolute Gasteiger partial charge is 0.362 e. The smallest absolute Gasteiger partial charge is 0.293 e. The first kappa shape index (κ1) is 14.8. The van der Waals surface area contributed by atoms with Crippen molar-refractivity contribution in [1.29, 1.82) is 0 Å². The fourth-order valence-electron chi connectivity index (χ4n) is 2.02. The molecule has 0 heterocycles. The van der Waals surface area contributed by atoms with Crippen LogP contribution in [-0.2, 0) is 0 Å². The maximum absolute atomic E-state index is 9.08. The summed E-state index contributed by atoms with van der Waals surface area (Å²) >= 11 is 0. The third kappa shape index (κ3) is 4.78. The van der Waals surface area contributed by atoms with Crippen molar-refractivity contribution >= 4 is 20.2 Å². The molecular weight excluding hydrogens is 276 g/mol. The van der Waals surface area contributed by atoms with Crippen LogP contribution in [0, 0.1) is 0 Å². The second-order valence-corrected chi connectivity index (χ2v) is 6.58. The molecule has 0 bridgehead atoms. The molecule has 104 valence electrons. The third-order valence-electron chi connectivity index (χ3n) is 3.20. The summed E-state index contributed by atoms with van der Waals surface area (Å²) in [5.41, 5.74) is 20.5. The number of hydrogen-bond acceptors (Lipinski definition) is 0. The minimum absolute atomic E-state index is 0.582. The zero-order valence-electron chi connectivity index (χ0n) is 11.7. The Balaban J connectivity index is 1.96. The van der Waals surface area contributed by atoms with Gasteiger partial charge in [0, 0.05) is 12.2 Å². The van der Waals surface area contributed by atoms with E-state index in [-0.39, 0.29) is 0 Å². The molecule has 21 heavy (non-hydrogen) atoms. The lowest BCUT2D eigenvalue weighted by Gasteiger charge is -1.90. The highest BCUT2D eigenvalue weighted by Crippen LogP contribution is 2.12. The van der Waals surface area contributed by atoms with E-state index in [2.05, 4.69) is 21.7 Å². The molecule has 0 aromatic carbocycles. The molecule has 0 unspecified atom stereocenters. The van der Waals surface area contributed by atoms with Gasteiger partial charge in [-0.25, -0.2) is 0 Å². The molecular formula is C16H16N4Si. The van der Waals surface area contributed by atoms with Gasteiger partial charge in [-0.05, 0) is 24.0 Å². The lowest BCUT2D eigenvalue weighted by atomic mass is 10.2. The van der Waals surface area contributed by atoms with E-state index in [4.69, 9.17) is 11.1 Å². The van der Waals surface area contributed by atoms with Gasteiger partial charge in [0.2, 0.25) is 0 Å². The van der Waals surface area contributed by atoms with Crippen LogP contribution in [0.15, 0.2) is 71.9 Å². The maximum atomic E-state index is 9.08. The first-order valence-electron chi connectivity index (χ1n) is 6.81. The lowest BCUT2D eigenvalue weighted by molar-refractivity contribution is -0.00226. The van der Waals surface area contributed by atoms with E-state index in [9.17, 15) is 0 Å². The minimum atomic E-state index is -1.11. The highest BCUT2D eigenvalue weighted by Gasteiger charge is 2.16. The molecule has 0 saturated heterocycles. The van der Waals surface area contributed by atoms with Gasteiger partial charge >= 0.3 is 0 Å². The summed E-state index contributed by atoms with van der Waals surface area (Å²) < 4.78 is 0. The minimum Gasteiger partial charge on any atom is -0.362 e. The van der Waals surface area contributed by atoms with Gasteiger partial charge in [0.05, 0.1) is 0 Å². The van der Waals surface area contributed by atoms with Crippen LogP contribution in [0.2, 0.25) is 0 Å². The molecule has 0 aromatic heterocycles. The quantitative estimate of drug-likeness (QED) is 0.312. The van der Waals surface area contributed by atoms with E-state index in [1.165, 1.54) is 11.1 Å². The normalized spacial score (nSPS) is 16.8. The highest BCUT2D eigenvalue weighted by atomic mass is 28.2. The van der Waals surface area contributed by atoms with Gasteiger partial charge in [0.25, 0.3) is 20.2 Å². The van der Waals surface area contributed by atoms with Gasteiger partial charge in [-0.3, -0.25) is 0 Å². The molecule has 0 atom stereocenters. The number of nitrogens with zero attached hydrogens (tertiary/aromatic N) is 4. The molecule has 0 aliphatic heterocycles.